The van der Waals surface area contributed by atoms with Gasteiger partial charge in [0.2, 0.25) is 0 Å². The highest BCUT2D eigenvalue weighted by Gasteiger charge is 2.60. The van der Waals surface area contributed by atoms with E-state index in [0.717, 1.165) is 6.20 Å². The minimum absolute atomic E-state index is 0.419. The average Bonchev–Trinajstić information content (AvgIpc) is 2.92. The van der Waals surface area contributed by atoms with E-state index in [1.54, 1.807) is 6.92 Å². The van der Waals surface area contributed by atoms with E-state index in [9.17, 15) is 9.18 Å². The summed E-state index contributed by atoms with van der Waals surface area (Å²) in [6.45, 7) is 1.72. The van der Waals surface area contributed by atoms with Gasteiger partial charge in [-0.05, 0) is 19.1 Å². The highest BCUT2D eigenvalue weighted by molar-refractivity contribution is 5.79. The van der Waals surface area contributed by atoms with Crippen LogP contribution in [-0.2, 0) is 19.9 Å². The molecule has 80 valence electrons. The molecule has 1 saturated heterocycles. The fourth-order valence-corrected chi connectivity index (χ4v) is 1.45. The Morgan fingerprint density at radius 3 is 2.93 bits per heavy atom. The lowest BCUT2D eigenvalue weighted by Gasteiger charge is -2.04. The first-order valence-corrected chi connectivity index (χ1v) is 4.45. The Bertz CT molecular complexity index is 392. The number of epoxide rings is 1. The van der Waals surface area contributed by atoms with Gasteiger partial charge in [-0.3, -0.25) is 4.98 Å². The molecule has 1 aliphatic rings. The normalized spacial score (nSPS) is 28.6. The number of rotatable bonds is 2. The number of methoxy groups -OCH3 is 1. The zero-order chi connectivity index (χ0) is 11.1. The fraction of sp³-hybridized carbons (Fsp3) is 0.400. The Morgan fingerprint density at radius 2 is 2.40 bits per heavy atom. The largest absolute Gasteiger partial charge is 0.467 e. The lowest BCUT2D eigenvalue weighted by Crippen LogP contribution is -2.18. The summed E-state index contributed by atoms with van der Waals surface area (Å²) in [5.74, 6) is -0.860. The van der Waals surface area contributed by atoms with Gasteiger partial charge in [0.05, 0.1) is 19.0 Å². The van der Waals surface area contributed by atoms with E-state index in [-0.39, 0.29) is 0 Å². The second kappa shape index (κ2) is 3.27. The Labute approximate surface area is 86.0 Å². The predicted molar refractivity (Wildman–Crippen MR) is 48.4 cm³/mol. The monoisotopic (exact) mass is 211 g/mol. The van der Waals surface area contributed by atoms with Crippen molar-refractivity contribution in [1.82, 2.24) is 4.98 Å². The first-order chi connectivity index (χ1) is 7.08. The van der Waals surface area contributed by atoms with E-state index < -0.39 is 23.5 Å². The Morgan fingerprint density at radius 1 is 1.67 bits per heavy atom. The summed E-state index contributed by atoms with van der Waals surface area (Å²) >= 11 is 0. The molecule has 1 aromatic heterocycles. The van der Waals surface area contributed by atoms with Crippen LogP contribution in [0, 0.1) is 5.82 Å². The van der Waals surface area contributed by atoms with E-state index >= 15 is 0 Å². The molecule has 1 aliphatic heterocycles. The van der Waals surface area contributed by atoms with E-state index in [2.05, 4.69) is 9.72 Å². The molecular formula is C10H10FNO3. The molecule has 15 heavy (non-hydrogen) atoms. The smallest absolute Gasteiger partial charge is 0.338 e. The molecule has 5 heteroatoms. The van der Waals surface area contributed by atoms with Crippen molar-refractivity contribution in [3.05, 3.63) is 29.8 Å². The standard InChI is InChI=1S/C10H10FNO3/c1-10(8(15-10)9(13)14-2)7-4-3-6(11)5-12-7/h3-5,8H,1-2H3. The van der Waals surface area contributed by atoms with Gasteiger partial charge in [-0.25, -0.2) is 9.18 Å². The summed E-state index contributed by atoms with van der Waals surface area (Å²) in [6.07, 6.45) is 0.455. The minimum atomic E-state index is -0.777. The van der Waals surface area contributed by atoms with Crippen molar-refractivity contribution < 1.29 is 18.7 Å². The molecule has 4 nitrogen and oxygen atoms in total. The topological polar surface area (TPSA) is 51.7 Å². The molecule has 0 bridgehead atoms. The van der Waals surface area contributed by atoms with Crippen LogP contribution in [0.5, 0.6) is 0 Å². The number of hydrogen-bond donors (Lipinski definition) is 0. The van der Waals surface area contributed by atoms with E-state index in [1.807, 2.05) is 0 Å². The van der Waals surface area contributed by atoms with Crippen molar-refractivity contribution in [3.63, 3.8) is 0 Å². The summed E-state index contributed by atoms with van der Waals surface area (Å²) in [4.78, 5) is 15.1. The van der Waals surface area contributed by atoms with Crippen molar-refractivity contribution in [2.75, 3.05) is 7.11 Å². The molecule has 2 atom stereocenters. The molecule has 2 rings (SSSR count). The van der Waals surface area contributed by atoms with Crippen LogP contribution in [-0.4, -0.2) is 24.2 Å². The van der Waals surface area contributed by atoms with Crippen molar-refractivity contribution in [3.8, 4) is 0 Å². The van der Waals surface area contributed by atoms with Gasteiger partial charge in [-0.2, -0.15) is 0 Å². The number of hydrogen-bond acceptors (Lipinski definition) is 4. The van der Waals surface area contributed by atoms with Crippen LogP contribution in [0.2, 0.25) is 0 Å². The average molecular weight is 211 g/mol. The molecule has 1 fully saturated rings. The third-order valence-electron chi connectivity index (χ3n) is 2.46. The molecule has 2 heterocycles. The number of carbonyl (C=O) groups is 1. The van der Waals surface area contributed by atoms with Crippen LogP contribution in [0.15, 0.2) is 18.3 Å². The molecule has 0 amide bonds. The number of aromatic nitrogens is 1. The summed E-state index contributed by atoms with van der Waals surface area (Å²) in [7, 11) is 1.29. The maximum atomic E-state index is 12.6. The summed E-state index contributed by atoms with van der Waals surface area (Å²) in [6, 6.07) is 2.78. The number of nitrogens with zero attached hydrogens (tertiary/aromatic N) is 1. The number of pyridine rings is 1. The SMILES string of the molecule is COC(=O)C1OC1(C)c1ccc(F)cn1. The Balaban J connectivity index is 2.19. The van der Waals surface area contributed by atoms with E-state index in [0.29, 0.717) is 5.69 Å². The third kappa shape index (κ3) is 1.59. The molecule has 0 aromatic carbocycles. The van der Waals surface area contributed by atoms with Gasteiger partial charge in [0, 0.05) is 0 Å². The quantitative estimate of drug-likeness (QED) is 0.541. The number of halogens is 1. The van der Waals surface area contributed by atoms with Crippen LogP contribution in [0.1, 0.15) is 12.6 Å². The Hall–Kier alpha value is -1.49. The molecule has 1 aromatic rings. The third-order valence-corrected chi connectivity index (χ3v) is 2.46. The maximum Gasteiger partial charge on any atom is 0.338 e. The lowest BCUT2D eigenvalue weighted by molar-refractivity contribution is -0.142. The van der Waals surface area contributed by atoms with Gasteiger partial charge in [0.15, 0.2) is 6.10 Å². The molecule has 0 saturated carbocycles. The fourth-order valence-electron chi connectivity index (χ4n) is 1.45. The number of ether oxygens (including phenoxy) is 2. The van der Waals surface area contributed by atoms with E-state index in [4.69, 9.17) is 4.74 Å². The highest BCUT2D eigenvalue weighted by Crippen LogP contribution is 2.45. The van der Waals surface area contributed by atoms with Crippen molar-refractivity contribution in [1.29, 1.82) is 0 Å². The maximum absolute atomic E-state index is 12.6. The van der Waals surface area contributed by atoms with Crippen LogP contribution < -0.4 is 0 Å². The summed E-state index contributed by atoms with van der Waals surface area (Å²) < 4.78 is 22.4. The van der Waals surface area contributed by atoms with E-state index in [1.165, 1.54) is 19.2 Å². The molecule has 0 N–H and O–H groups in total. The van der Waals surface area contributed by atoms with Gasteiger partial charge < -0.3 is 9.47 Å². The number of esters is 1. The zero-order valence-corrected chi connectivity index (χ0v) is 8.36. The Kier molecular flexibility index (Phi) is 2.19. The summed E-state index contributed by atoms with van der Waals surface area (Å²) in [5.41, 5.74) is -0.250. The van der Waals surface area contributed by atoms with Crippen LogP contribution in [0.25, 0.3) is 0 Å². The molecule has 2 unspecified atom stereocenters. The van der Waals surface area contributed by atoms with Crippen molar-refractivity contribution in [2.24, 2.45) is 0 Å². The van der Waals surface area contributed by atoms with Gasteiger partial charge >= 0.3 is 5.97 Å². The van der Waals surface area contributed by atoms with Gasteiger partial charge in [0.25, 0.3) is 0 Å². The molecule has 0 spiro atoms. The van der Waals surface area contributed by atoms with Crippen molar-refractivity contribution in [2.45, 2.75) is 18.6 Å². The predicted octanol–water partition coefficient (Wildman–Crippen LogP) is 1.01. The van der Waals surface area contributed by atoms with Crippen LogP contribution >= 0.6 is 0 Å². The zero-order valence-electron chi connectivity index (χ0n) is 8.36. The van der Waals surface area contributed by atoms with Crippen LogP contribution in [0.4, 0.5) is 4.39 Å². The molecule has 0 radical (unpaired) electrons. The van der Waals surface area contributed by atoms with Gasteiger partial charge in [-0.15, -0.1) is 0 Å². The second-order valence-corrected chi connectivity index (χ2v) is 3.49. The van der Waals surface area contributed by atoms with Crippen LogP contribution in [0.3, 0.4) is 0 Å². The first kappa shape index (κ1) is 10.0. The lowest BCUT2D eigenvalue weighted by atomic mass is 10.0. The summed E-state index contributed by atoms with van der Waals surface area (Å²) in [5, 5.41) is 0. The van der Waals surface area contributed by atoms with Gasteiger partial charge in [-0.1, -0.05) is 0 Å². The van der Waals surface area contributed by atoms with Gasteiger partial charge in [0.1, 0.15) is 11.4 Å². The number of carbonyl (C=O) groups excluding carboxylic acids is 1. The first-order valence-electron chi connectivity index (χ1n) is 4.45. The van der Waals surface area contributed by atoms with Crippen molar-refractivity contribution >= 4 is 5.97 Å². The minimum Gasteiger partial charge on any atom is -0.467 e. The molecular weight excluding hydrogens is 201 g/mol. The highest BCUT2D eigenvalue weighted by atomic mass is 19.1. The second-order valence-electron chi connectivity index (χ2n) is 3.49. The molecule has 0 aliphatic carbocycles.